The lowest BCUT2D eigenvalue weighted by Crippen LogP contribution is -1.94. The van der Waals surface area contributed by atoms with Crippen LogP contribution in [0.2, 0.25) is 0 Å². The molecule has 1 aromatic heterocycles. The molecule has 3 aromatic rings. The largest absolute Gasteiger partial charge is 0.493 e. The Morgan fingerprint density at radius 3 is 2.29 bits per heavy atom. The highest BCUT2D eigenvalue weighted by Crippen LogP contribution is 2.34. The number of rotatable bonds is 5. The number of ether oxygens (including phenoxy) is 3. The molecule has 0 saturated carbocycles. The van der Waals surface area contributed by atoms with Crippen LogP contribution in [0.25, 0.3) is 22.4 Å². The van der Waals surface area contributed by atoms with Crippen LogP contribution in [-0.2, 0) is 0 Å². The van der Waals surface area contributed by atoms with Crippen molar-refractivity contribution in [3.63, 3.8) is 0 Å². The highest BCUT2D eigenvalue weighted by molar-refractivity contribution is 5.83. The Morgan fingerprint density at radius 1 is 1.00 bits per heavy atom. The standard InChI is InChI=1S/C16H15N3O5/c1-22-13-5-4-9(6-12(13)19(20)21)16-17-10-7-14(23-2)15(24-3)8-11(10)18-16/h4-8H,1-3H3,(H,17,18). The highest BCUT2D eigenvalue weighted by Gasteiger charge is 2.18. The van der Waals surface area contributed by atoms with E-state index in [4.69, 9.17) is 14.2 Å². The number of nitrogens with one attached hydrogen (secondary N) is 1. The van der Waals surface area contributed by atoms with Gasteiger partial charge in [-0.15, -0.1) is 0 Å². The Balaban J connectivity index is 2.13. The molecule has 0 aliphatic carbocycles. The number of benzene rings is 2. The van der Waals surface area contributed by atoms with Gasteiger partial charge in [-0.1, -0.05) is 0 Å². The van der Waals surface area contributed by atoms with Crippen LogP contribution in [-0.4, -0.2) is 36.2 Å². The molecule has 0 aliphatic heterocycles. The lowest BCUT2D eigenvalue weighted by Gasteiger charge is -2.06. The molecule has 1 heterocycles. The molecular weight excluding hydrogens is 314 g/mol. The van der Waals surface area contributed by atoms with Gasteiger partial charge in [0.15, 0.2) is 17.2 Å². The third kappa shape index (κ3) is 2.58. The monoisotopic (exact) mass is 329 g/mol. The summed E-state index contributed by atoms with van der Waals surface area (Å²) in [5.74, 6) is 1.83. The molecule has 0 saturated heterocycles. The van der Waals surface area contributed by atoms with Crippen molar-refractivity contribution >= 4 is 16.7 Å². The molecule has 124 valence electrons. The second kappa shape index (κ2) is 6.07. The average molecular weight is 329 g/mol. The van der Waals surface area contributed by atoms with Crippen molar-refractivity contribution in [2.45, 2.75) is 0 Å². The summed E-state index contributed by atoms with van der Waals surface area (Å²) in [5.41, 5.74) is 1.87. The van der Waals surface area contributed by atoms with E-state index < -0.39 is 4.92 Å². The number of H-pyrrole nitrogens is 1. The molecule has 2 aromatic carbocycles. The van der Waals surface area contributed by atoms with Crippen LogP contribution in [0.5, 0.6) is 17.2 Å². The van der Waals surface area contributed by atoms with Gasteiger partial charge in [0, 0.05) is 23.8 Å². The van der Waals surface area contributed by atoms with E-state index in [1.165, 1.54) is 13.2 Å². The smallest absolute Gasteiger partial charge is 0.311 e. The van der Waals surface area contributed by atoms with Gasteiger partial charge in [-0.2, -0.15) is 0 Å². The van der Waals surface area contributed by atoms with Crippen LogP contribution >= 0.6 is 0 Å². The van der Waals surface area contributed by atoms with Crippen molar-refractivity contribution in [1.29, 1.82) is 0 Å². The lowest BCUT2D eigenvalue weighted by molar-refractivity contribution is -0.385. The van der Waals surface area contributed by atoms with Crippen molar-refractivity contribution in [2.24, 2.45) is 0 Å². The third-order valence-corrected chi connectivity index (χ3v) is 3.64. The first-order valence-corrected chi connectivity index (χ1v) is 7.02. The number of methoxy groups -OCH3 is 3. The number of hydrogen-bond donors (Lipinski definition) is 1. The Hall–Kier alpha value is -3.29. The van der Waals surface area contributed by atoms with Gasteiger partial charge >= 0.3 is 5.69 Å². The summed E-state index contributed by atoms with van der Waals surface area (Å²) in [6.45, 7) is 0. The zero-order chi connectivity index (χ0) is 17.3. The fourth-order valence-corrected chi connectivity index (χ4v) is 2.45. The van der Waals surface area contributed by atoms with Gasteiger partial charge in [-0.25, -0.2) is 4.98 Å². The molecule has 8 heteroatoms. The molecule has 1 N–H and O–H groups in total. The summed E-state index contributed by atoms with van der Waals surface area (Å²) >= 11 is 0. The second-order valence-corrected chi connectivity index (χ2v) is 4.95. The molecule has 0 unspecified atom stereocenters. The molecule has 0 aliphatic rings. The van der Waals surface area contributed by atoms with Gasteiger partial charge in [-0.3, -0.25) is 10.1 Å². The van der Waals surface area contributed by atoms with Gasteiger partial charge in [0.1, 0.15) is 5.82 Å². The van der Waals surface area contributed by atoms with Crippen LogP contribution < -0.4 is 14.2 Å². The summed E-state index contributed by atoms with van der Waals surface area (Å²) in [7, 11) is 4.49. The zero-order valence-electron chi connectivity index (χ0n) is 13.3. The van der Waals surface area contributed by atoms with E-state index in [0.29, 0.717) is 28.4 Å². The Morgan fingerprint density at radius 2 is 1.67 bits per heavy atom. The maximum absolute atomic E-state index is 11.2. The maximum Gasteiger partial charge on any atom is 0.311 e. The molecule has 0 spiro atoms. The Labute approximate surface area is 137 Å². The van der Waals surface area contributed by atoms with E-state index in [1.54, 1.807) is 38.5 Å². The van der Waals surface area contributed by atoms with Gasteiger partial charge < -0.3 is 19.2 Å². The maximum atomic E-state index is 11.2. The summed E-state index contributed by atoms with van der Waals surface area (Å²) in [5, 5.41) is 11.2. The number of imidazole rings is 1. The summed E-state index contributed by atoms with van der Waals surface area (Å²) in [4.78, 5) is 18.3. The third-order valence-electron chi connectivity index (χ3n) is 3.64. The van der Waals surface area contributed by atoms with E-state index in [1.807, 2.05) is 0 Å². The van der Waals surface area contributed by atoms with Crippen LogP contribution in [0.4, 0.5) is 5.69 Å². The minimum atomic E-state index is -0.489. The van der Waals surface area contributed by atoms with Crippen LogP contribution in [0.15, 0.2) is 30.3 Å². The van der Waals surface area contributed by atoms with E-state index in [0.717, 1.165) is 5.52 Å². The minimum Gasteiger partial charge on any atom is -0.493 e. The van der Waals surface area contributed by atoms with Crippen molar-refractivity contribution in [1.82, 2.24) is 9.97 Å². The van der Waals surface area contributed by atoms with Crippen LogP contribution in [0, 0.1) is 10.1 Å². The van der Waals surface area contributed by atoms with Crippen LogP contribution in [0.1, 0.15) is 0 Å². The fraction of sp³-hybridized carbons (Fsp3) is 0.188. The predicted molar refractivity (Wildman–Crippen MR) is 87.8 cm³/mol. The topological polar surface area (TPSA) is 99.5 Å². The highest BCUT2D eigenvalue weighted by atomic mass is 16.6. The average Bonchev–Trinajstić information content (AvgIpc) is 3.02. The van der Waals surface area contributed by atoms with Gasteiger partial charge in [-0.05, 0) is 12.1 Å². The number of nitro benzene ring substituents is 1. The van der Waals surface area contributed by atoms with Gasteiger partial charge in [0.25, 0.3) is 0 Å². The molecule has 0 fully saturated rings. The van der Waals surface area contributed by atoms with Gasteiger partial charge in [0.05, 0.1) is 37.3 Å². The molecule has 0 radical (unpaired) electrons. The van der Waals surface area contributed by atoms with E-state index in [2.05, 4.69) is 9.97 Å². The Bertz CT molecular complexity index is 878. The number of fused-ring (bicyclic) bond motifs is 1. The SMILES string of the molecule is COc1cc2nc(-c3ccc(OC)c([N+](=O)[O-])c3)[nH]c2cc1OC. The number of nitrogens with zero attached hydrogens (tertiary/aromatic N) is 2. The number of aromatic nitrogens is 2. The zero-order valence-corrected chi connectivity index (χ0v) is 13.3. The molecule has 0 bridgehead atoms. The van der Waals surface area contributed by atoms with Crippen molar-refractivity contribution in [3.05, 3.63) is 40.4 Å². The predicted octanol–water partition coefficient (Wildman–Crippen LogP) is 3.16. The number of aromatic amines is 1. The normalized spacial score (nSPS) is 10.6. The van der Waals surface area contributed by atoms with Crippen molar-refractivity contribution in [3.8, 4) is 28.6 Å². The quantitative estimate of drug-likeness (QED) is 0.570. The van der Waals surface area contributed by atoms with Crippen molar-refractivity contribution < 1.29 is 19.1 Å². The summed E-state index contributed by atoms with van der Waals surface area (Å²) in [6, 6.07) is 8.18. The second-order valence-electron chi connectivity index (χ2n) is 4.95. The Kier molecular flexibility index (Phi) is 3.95. The van der Waals surface area contributed by atoms with Gasteiger partial charge in [0.2, 0.25) is 0 Å². The molecule has 24 heavy (non-hydrogen) atoms. The first-order chi connectivity index (χ1) is 11.6. The van der Waals surface area contributed by atoms with E-state index in [-0.39, 0.29) is 11.4 Å². The number of nitro groups is 1. The first kappa shape index (κ1) is 15.6. The summed E-state index contributed by atoms with van der Waals surface area (Å²) < 4.78 is 15.5. The van der Waals surface area contributed by atoms with E-state index in [9.17, 15) is 10.1 Å². The molecular formula is C16H15N3O5. The molecule has 8 nitrogen and oxygen atoms in total. The summed E-state index contributed by atoms with van der Waals surface area (Å²) in [6.07, 6.45) is 0. The molecule has 3 rings (SSSR count). The molecule has 0 atom stereocenters. The molecule has 0 amide bonds. The lowest BCUT2D eigenvalue weighted by atomic mass is 10.2. The number of hydrogen-bond acceptors (Lipinski definition) is 6. The van der Waals surface area contributed by atoms with E-state index >= 15 is 0 Å². The fourth-order valence-electron chi connectivity index (χ4n) is 2.45. The van der Waals surface area contributed by atoms with Crippen LogP contribution in [0.3, 0.4) is 0 Å². The minimum absolute atomic E-state index is 0.120. The first-order valence-electron chi connectivity index (χ1n) is 7.02. The van der Waals surface area contributed by atoms with Crippen molar-refractivity contribution in [2.75, 3.05) is 21.3 Å².